The van der Waals surface area contributed by atoms with E-state index >= 15 is 0 Å². The number of aromatic nitrogens is 1. The molecule has 0 atom stereocenters. The molecule has 0 saturated carbocycles. The van der Waals surface area contributed by atoms with Crippen molar-refractivity contribution in [2.45, 2.75) is 0 Å². The molecule has 0 aliphatic rings. The Morgan fingerprint density at radius 2 is 2.14 bits per heavy atom. The van der Waals surface area contributed by atoms with E-state index in [-0.39, 0.29) is 12.5 Å². The maximum Gasteiger partial charge on any atom is 0.277 e. The fourth-order valence-electron chi connectivity index (χ4n) is 2.96. The second-order valence-electron chi connectivity index (χ2n) is 6.21. The summed E-state index contributed by atoms with van der Waals surface area (Å²) in [5.74, 6) is 1.43. The average molecular weight is 389 g/mol. The number of H-pyrrole nitrogens is 1. The molecular weight excluding hydrogens is 370 g/mol. The average Bonchev–Trinajstić information content (AvgIpc) is 3.44. The summed E-state index contributed by atoms with van der Waals surface area (Å²) in [5, 5.41) is 5.06. The summed E-state index contributed by atoms with van der Waals surface area (Å²) in [7, 11) is 1.58. The molecule has 146 valence electrons. The van der Waals surface area contributed by atoms with E-state index in [1.54, 1.807) is 43.9 Å². The van der Waals surface area contributed by atoms with Crippen LogP contribution in [0.2, 0.25) is 0 Å². The molecule has 0 spiro atoms. The van der Waals surface area contributed by atoms with Gasteiger partial charge in [-0.3, -0.25) is 4.79 Å². The van der Waals surface area contributed by atoms with Gasteiger partial charge in [-0.15, -0.1) is 0 Å². The van der Waals surface area contributed by atoms with E-state index in [0.717, 1.165) is 16.5 Å². The highest BCUT2D eigenvalue weighted by atomic mass is 16.5. The number of hydrogen-bond donors (Lipinski definition) is 2. The molecule has 0 unspecified atom stereocenters. The summed E-state index contributed by atoms with van der Waals surface area (Å²) in [6.45, 7) is -0.189. The number of ether oxygens (including phenoxy) is 2. The first-order valence-electron chi connectivity index (χ1n) is 8.97. The summed E-state index contributed by atoms with van der Waals surface area (Å²) in [5.41, 5.74) is 5.09. The monoisotopic (exact) mass is 389 g/mol. The predicted molar refractivity (Wildman–Crippen MR) is 110 cm³/mol. The molecule has 29 heavy (non-hydrogen) atoms. The quantitative estimate of drug-likeness (QED) is 0.370. The van der Waals surface area contributed by atoms with Crippen LogP contribution < -0.4 is 14.9 Å². The minimum Gasteiger partial charge on any atom is -0.497 e. The van der Waals surface area contributed by atoms with Gasteiger partial charge in [0, 0.05) is 22.7 Å². The summed E-state index contributed by atoms with van der Waals surface area (Å²) in [6.07, 6.45) is 5.04. The van der Waals surface area contributed by atoms with Gasteiger partial charge in [-0.1, -0.05) is 12.1 Å². The topological polar surface area (TPSA) is 88.9 Å². The molecule has 7 heteroatoms. The Bertz CT molecular complexity index is 1150. The number of hydrazone groups is 1. The smallest absolute Gasteiger partial charge is 0.277 e. The van der Waals surface area contributed by atoms with Crippen LogP contribution in [0.4, 0.5) is 0 Å². The maximum atomic E-state index is 12.1. The van der Waals surface area contributed by atoms with Crippen molar-refractivity contribution in [3.05, 3.63) is 72.6 Å². The maximum absolute atomic E-state index is 12.1. The van der Waals surface area contributed by atoms with Crippen molar-refractivity contribution in [1.82, 2.24) is 10.4 Å². The van der Waals surface area contributed by atoms with E-state index in [2.05, 4.69) is 15.5 Å². The van der Waals surface area contributed by atoms with Gasteiger partial charge in [-0.2, -0.15) is 5.10 Å². The van der Waals surface area contributed by atoms with Crippen molar-refractivity contribution in [3.63, 3.8) is 0 Å². The minimum absolute atomic E-state index is 0.189. The Labute approximate surface area is 166 Å². The highest BCUT2D eigenvalue weighted by molar-refractivity contribution is 5.98. The molecule has 0 saturated heterocycles. The van der Waals surface area contributed by atoms with Crippen molar-refractivity contribution in [2.75, 3.05) is 13.7 Å². The molecule has 7 nitrogen and oxygen atoms in total. The number of methoxy groups -OCH3 is 1. The number of rotatable bonds is 7. The summed E-state index contributed by atoms with van der Waals surface area (Å²) in [4.78, 5) is 15.3. The summed E-state index contributed by atoms with van der Waals surface area (Å²) >= 11 is 0. The minimum atomic E-state index is -0.372. The molecule has 2 aromatic carbocycles. The zero-order valence-corrected chi connectivity index (χ0v) is 15.7. The Morgan fingerprint density at radius 3 is 2.97 bits per heavy atom. The van der Waals surface area contributed by atoms with E-state index in [1.807, 2.05) is 36.5 Å². The predicted octanol–water partition coefficient (Wildman–Crippen LogP) is 3.97. The van der Waals surface area contributed by atoms with Crippen molar-refractivity contribution in [3.8, 4) is 22.8 Å². The van der Waals surface area contributed by atoms with Gasteiger partial charge in [-0.25, -0.2) is 5.43 Å². The molecule has 2 N–H and O–H groups in total. The van der Waals surface area contributed by atoms with Crippen LogP contribution in [0.25, 0.3) is 22.2 Å². The first-order chi connectivity index (χ1) is 14.2. The lowest BCUT2D eigenvalue weighted by Gasteiger charge is -2.11. The summed E-state index contributed by atoms with van der Waals surface area (Å²) < 4.78 is 16.4. The van der Waals surface area contributed by atoms with Crippen LogP contribution in [-0.2, 0) is 4.79 Å². The molecule has 4 rings (SSSR count). The number of furan rings is 1. The van der Waals surface area contributed by atoms with Crippen LogP contribution in [0.3, 0.4) is 0 Å². The molecular formula is C22H19N3O4. The van der Waals surface area contributed by atoms with Crippen LogP contribution in [0.15, 0.2) is 76.6 Å². The lowest BCUT2D eigenvalue weighted by atomic mass is 10.1. The van der Waals surface area contributed by atoms with E-state index in [1.165, 1.54) is 0 Å². The Hall–Kier alpha value is -4.00. The van der Waals surface area contributed by atoms with Crippen LogP contribution in [0.1, 0.15) is 5.56 Å². The lowest BCUT2D eigenvalue weighted by molar-refractivity contribution is -0.123. The third kappa shape index (κ3) is 4.14. The molecule has 0 aliphatic heterocycles. The zero-order chi connectivity index (χ0) is 20.1. The molecule has 0 bridgehead atoms. The molecule has 0 aliphatic carbocycles. The van der Waals surface area contributed by atoms with Crippen LogP contribution in [0, 0.1) is 0 Å². The zero-order valence-electron chi connectivity index (χ0n) is 15.7. The van der Waals surface area contributed by atoms with E-state index in [4.69, 9.17) is 13.9 Å². The van der Waals surface area contributed by atoms with E-state index < -0.39 is 0 Å². The SMILES string of the molecule is COc1ccc(OCC(=O)NN=Cc2cccc3[nH]ccc23)c(-c2ccco2)c1. The van der Waals surface area contributed by atoms with Crippen molar-refractivity contribution in [2.24, 2.45) is 5.10 Å². The van der Waals surface area contributed by atoms with Gasteiger partial charge in [0.1, 0.15) is 17.3 Å². The number of aromatic amines is 1. The molecule has 0 radical (unpaired) electrons. The number of carbonyl (C=O) groups excluding carboxylic acids is 1. The summed E-state index contributed by atoms with van der Waals surface area (Å²) in [6, 6.07) is 16.7. The second-order valence-corrected chi connectivity index (χ2v) is 6.21. The molecule has 2 heterocycles. The fraction of sp³-hybridized carbons (Fsp3) is 0.0909. The van der Waals surface area contributed by atoms with Gasteiger partial charge in [0.15, 0.2) is 6.61 Å². The van der Waals surface area contributed by atoms with Gasteiger partial charge in [0.2, 0.25) is 0 Å². The highest BCUT2D eigenvalue weighted by Gasteiger charge is 2.12. The van der Waals surface area contributed by atoms with E-state index in [0.29, 0.717) is 22.8 Å². The van der Waals surface area contributed by atoms with Crippen LogP contribution in [0.5, 0.6) is 11.5 Å². The van der Waals surface area contributed by atoms with Gasteiger partial charge < -0.3 is 18.9 Å². The number of carbonyl (C=O) groups is 1. The molecule has 0 fully saturated rings. The van der Waals surface area contributed by atoms with Crippen LogP contribution >= 0.6 is 0 Å². The lowest BCUT2D eigenvalue weighted by Crippen LogP contribution is -2.24. The Kier molecular flexibility index (Phi) is 5.29. The number of fused-ring (bicyclic) bond motifs is 1. The second kappa shape index (κ2) is 8.35. The first-order valence-corrected chi connectivity index (χ1v) is 8.97. The number of hydrogen-bond acceptors (Lipinski definition) is 5. The Balaban J connectivity index is 1.40. The number of amides is 1. The fourth-order valence-corrected chi connectivity index (χ4v) is 2.96. The van der Waals surface area contributed by atoms with Gasteiger partial charge in [0.05, 0.1) is 25.2 Å². The normalized spacial score (nSPS) is 11.1. The van der Waals surface area contributed by atoms with Crippen LogP contribution in [-0.4, -0.2) is 30.8 Å². The van der Waals surface area contributed by atoms with Gasteiger partial charge in [0.25, 0.3) is 5.91 Å². The van der Waals surface area contributed by atoms with Crippen molar-refractivity contribution >= 4 is 23.0 Å². The Morgan fingerprint density at radius 1 is 1.21 bits per heavy atom. The number of nitrogens with zero attached hydrogens (tertiary/aromatic N) is 1. The molecule has 4 aromatic rings. The third-order valence-electron chi connectivity index (χ3n) is 4.35. The largest absolute Gasteiger partial charge is 0.497 e. The highest BCUT2D eigenvalue weighted by Crippen LogP contribution is 2.33. The van der Waals surface area contributed by atoms with Gasteiger partial charge in [-0.05, 0) is 42.5 Å². The first kappa shape index (κ1) is 18.4. The molecule has 1 amide bonds. The number of nitrogens with one attached hydrogen (secondary N) is 2. The van der Waals surface area contributed by atoms with Crippen molar-refractivity contribution in [1.29, 1.82) is 0 Å². The third-order valence-corrected chi connectivity index (χ3v) is 4.35. The van der Waals surface area contributed by atoms with Gasteiger partial charge >= 0.3 is 0 Å². The standard InChI is InChI=1S/C22H19N3O4/c1-27-16-7-8-21(18(12-16)20-6-3-11-28-20)29-14-22(26)25-24-13-15-4-2-5-19-17(15)9-10-23-19/h2-13,23H,14H2,1H3,(H,25,26). The van der Waals surface area contributed by atoms with E-state index in [9.17, 15) is 4.79 Å². The molecule has 2 aromatic heterocycles. The van der Waals surface area contributed by atoms with Crippen molar-refractivity contribution < 1.29 is 18.7 Å². The number of benzene rings is 2.